The van der Waals surface area contributed by atoms with Crippen LogP contribution >= 0.6 is 11.8 Å². The van der Waals surface area contributed by atoms with Gasteiger partial charge in [0.1, 0.15) is 11.5 Å². The summed E-state index contributed by atoms with van der Waals surface area (Å²) >= 11 is 1.63. The van der Waals surface area contributed by atoms with Crippen LogP contribution < -0.4 is 10.9 Å². The molecule has 0 aromatic carbocycles. The standard InChI is InChI=1S/C17H24N6O2S/c1-22-15(24)10-9-13(21-22)16(25)18-11-5-8-14-19-20-17(26-2)23(14)12-6-3-4-7-12/h9-10,12H,3-8,11H2,1-2H3,(H,18,25). The average Bonchev–Trinajstić information content (AvgIpc) is 3.29. The van der Waals surface area contributed by atoms with Crippen LogP contribution in [0.1, 0.15) is 54.5 Å². The summed E-state index contributed by atoms with van der Waals surface area (Å²) in [6, 6.07) is 3.29. The van der Waals surface area contributed by atoms with Gasteiger partial charge in [-0.3, -0.25) is 9.59 Å². The van der Waals surface area contributed by atoms with Crippen LogP contribution in [0.5, 0.6) is 0 Å². The number of hydrogen-bond donors (Lipinski definition) is 1. The van der Waals surface area contributed by atoms with Crippen molar-refractivity contribution in [3.8, 4) is 0 Å². The maximum Gasteiger partial charge on any atom is 0.271 e. The van der Waals surface area contributed by atoms with Crippen molar-refractivity contribution in [3.63, 3.8) is 0 Å². The maximum absolute atomic E-state index is 12.1. The first-order valence-corrected chi connectivity index (χ1v) is 10.1. The highest BCUT2D eigenvalue weighted by molar-refractivity contribution is 7.98. The molecule has 0 bridgehead atoms. The van der Waals surface area contributed by atoms with Crippen molar-refractivity contribution in [1.29, 1.82) is 0 Å². The summed E-state index contributed by atoms with van der Waals surface area (Å²) in [7, 11) is 1.53. The minimum atomic E-state index is -0.275. The predicted molar refractivity (Wildman–Crippen MR) is 99.4 cm³/mol. The lowest BCUT2D eigenvalue weighted by atomic mass is 10.2. The lowest BCUT2D eigenvalue weighted by Gasteiger charge is -2.16. The van der Waals surface area contributed by atoms with E-state index in [0.29, 0.717) is 12.6 Å². The molecule has 0 unspecified atom stereocenters. The van der Waals surface area contributed by atoms with E-state index in [-0.39, 0.29) is 17.2 Å². The van der Waals surface area contributed by atoms with Gasteiger partial charge in [-0.1, -0.05) is 24.6 Å². The largest absolute Gasteiger partial charge is 0.351 e. The van der Waals surface area contributed by atoms with Crippen molar-refractivity contribution >= 4 is 17.7 Å². The molecule has 0 radical (unpaired) electrons. The summed E-state index contributed by atoms with van der Waals surface area (Å²) in [5.74, 6) is 0.721. The second-order valence-electron chi connectivity index (χ2n) is 6.45. The second-order valence-corrected chi connectivity index (χ2v) is 7.22. The van der Waals surface area contributed by atoms with Crippen molar-refractivity contribution in [3.05, 3.63) is 34.0 Å². The number of carbonyl (C=O) groups is 1. The highest BCUT2D eigenvalue weighted by Gasteiger charge is 2.23. The Morgan fingerprint density at radius 3 is 2.77 bits per heavy atom. The number of thioether (sulfide) groups is 1. The molecule has 0 saturated heterocycles. The van der Waals surface area contributed by atoms with Crippen molar-refractivity contribution in [2.45, 2.75) is 49.7 Å². The normalized spacial score (nSPS) is 14.7. The van der Waals surface area contributed by atoms with Gasteiger partial charge in [0.05, 0.1) is 0 Å². The van der Waals surface area contributed by atoms with E-state index in [0.717, 1.165) is 28.5 Å². The topological polar surface area (TPSA) is 94.7 Å². The number of hydrogen-bond acceptors (Lipinski definition) is 6. The van der Waals surface area contributed by atoms with Crippen molar-refractivity contribution in [1.82, 2.24) is 29.9 Å². The fraction of sp³-hybridized carbons (Fsp3) is 0.588. The molecule has 1 amide bonds. The first kappa shape index (κ1) is 18.6. The summed E-state index contributed by atoms with van der Waals surface area (Å²) in [5, 5.41) is 16.4. The molecule has 1 N–H and O–H groups in total. The highest BCUT2D eigenvalue weighted by atomic mass is 32.2. The molecule has 1 aliphatic rings. The Morgan fingerprint density at radius 2 is 2.08 bits per heavy atom. The molecule has 1 aliphatic carbocycles. The minimum absolute atomic E-state index is 0.239. The summed E-state index contributed by atoms with van der Waals surface area (Å²) in [6.45, 7) is 0.523. The zero-order chi connectivity index (χ0) is 18.5. The van der Waals surface area contributed by atoms with E-state index in [1.165, 1.54) is 44.9 Å². The molecule has 1 fully saturated rings. The van der Waals surface area contributed by atoms with E-state index < -0.39 is 0 Å². The van der Waals surface area contributed by atoms with Gasteiger partial charge in [0, 0.05) is 32.1 Å². The van der Waals surface area contributed by atoms with Crippen LogP contribution in [0.3, 0.4) is 0 Å². The predicted octanol–water partition coefficient (Wildman–Crippen LogP) is 1.57. The van der Waals surface area contributed by atoms with Gasteiger partial charge in [-0.05, 0) is 31.6 Å². The SMILES string of the molecule is CSc1nnc(CCCNC(=O)c2ccc(=O)n(C)n2)n1C1CCCC1. The number of amides is 1. The Bertz CT molecular complexity index is 825. The molecule has 2 aromatic rings. The molecule has 140 valence electrons. The second kappa shape index (κ2) is 8.48. The van der Waals surface area contributed by atoms with Gasteiger partial charge in [-0.25, -0.2) is 4.68 Å². The van der Waals surface area contributed by atoms with Gasteiger partial charge in [0.2, 0.25) is 0 Å². The van der Waals surface area contributed by atoms with Gasteiger partial charge < -0.3 is 9.88 Å². The molecule has 2 heterocycles. The number of carbonyl (C=O) groups excluding carboxylic acids is 1. The molecule has 0 spiro atoms. The summed E-state index contributed by atoms with van der Waals surface area (Å²) in [4.78, 5) is 23.5. The van der Waals surface area contributed by atoms with Crippen LogP contribution in [0, 0.1) is 0 Å². The number of nitrogens with zero attached hydrogens (tertiary/aromatic N) is 5. The summed E-state index contributed by atoms with van der Waals surface area (Å²) in [6.07, 6.45) is 8.47. The van der Waals surface area contributed by atoms with E-state index >= 15 is 0 Å². The molecule has 1 saturated carbocycles. The van der Waals surface area contributed by atoms with Crippen LogP contribution in [0.25, 0.3) is 0 Å². The van der Waals surface area contributed by atoms with Gasteiger partial charge in [0.15, 0.2) is 5.16 Å². The molecule has 0 atom stereocenters. The molecular formula is C17H24N6O2S. The Morgan fingerprint density at radius 1 is 1.31 bits per heavy atom. The van der Waals surface area contributed by atoms with Gasteiger partial charge in [0.25, 0.3) is 11.5 Å². The number of aromatic nitrogens is 5. The molecule has 9 heteroatoms. The molecule has 0 aliphatic heterocycles. The Kier molecular flexibility index (Phi) is 6.08. The third-order valence-corrected chi connectivity index (χ3v) is 5.31. The number of rotatable bonds is 7. The zero-order valence-electron chi connectivity index (χ0n) is 15.1. The molecule has 3 rings (SSSR count). The van der Waals surface area contributed by atoms with Crippen LogP contribution in [0.15, 0.2) is 22.1 Å². The Hall–Kier alpha value is -2.16. The fourth-order valence-electron chi connectivity index (χ4n) is 3.31. The Balaban J connectivity index is 1.55. The fourth-order valence-corrected chi connectivity index (χ4v) is 3.88. The minimum Gasteiger partial charge on any atom is -0.351 e. The lowest BCUT2D eigenvalue weighted by molar-refractivity contribution is 0.0946. The average molecular weight is 376 g/mol. The van der Waals surface area contributed by atoms with E-state index in [1.54, 1.807) is 11.8 Å². The number of aryl methyl sites for hydroxylation is 2. The first-order chi connectivity index (χ1) is 12.6. The zero-order valence-corrected chi connectivity index (χ0v) is 16.0. The van der Waals surface area contributed by atoms with Crippen molar-refractivity contribution < 1.29 is 4.79 Å². The molecular weight excluding hydrogens is 352 g/mol. The monoisotopic (exact) mass is 376 g/mol. The molecule has 2 aromatic heterocycles. The number of nitrogens with one attached hydrogen (secondary N) is 1. The summed E-state index contributed by atoms with van der Waals surface area (Å²) < 4.78 is 3.44. The van der Waals surface area contributed by atoms with E-state index in [9.17, 15) is 9.59 Å². The lowest BCUT2D eigenvalue weighted by Crippen LogP contribution is -2.29. The third kappa shape index (κ3) is 4.14. The van der Waals surface area contributed by atoms with Crippen LogP contribution in [-0.2, 0) is 13.5 Å². The van der Waals surface area contributed by atoms with Crippen LogP contribution in [0.2, 0.25) is 0 Å². The first-order valence-electron chi connectivity index (χ1n) is 8.90. The van der Waals surface area contributed by atoms with Crippen molar-refractivity contribution in [2.24, 2.45) is 7.05 Å². The van der Waals surface area contributed by atoms with E-state index in [2.05, 4.69) is 25.2 Å². The highest BCUT2D eigenvalue weighted by Crippen LogP contribution is 2.33. The van der Waals surface area contributed by atoms with Gasteiger partial charge in [-0.2, -0.15) is 5.10 Å². The van der Waals surface area contributed by atoms with Crippen molar-refractivity contribution in [2.75, 3.05) is 12.8 Å². The van der Waals surface area contributed by atoms with E-state index in [4.69, 9.17) is 0 Å². The quantitative estimate of drug-likeness (QED) is 0.582. The van der Waals surface area contributed by atoms with Crippen LogP contribution in [-0.4, -0.2) is 43.3 Å². The van der Waals surface area contributed by atoms with Crippen LogP contribution in [0.4, 0.5) is 0 Å². The smallest absolute Gasteiger partial charge is 0.271 e. The van der Waals surface area contributed by atoms with Gasteiger partial charge >= 0.3 is 0 Å². The molecule has 26 heavy (non-hydrogen) atoms. The third-order valence-electron chi connectivity index (χ3n) is 4.66. The Labute approximate surface area is 156 Å². The summed E-state index contributed by atoms with van der Waals surface area (Å²) in [5.41, 5.74) is 0.00305. The molecule has 8 nitrogen and oxygen atoms in total. The maximum atomic E-state index is 12.1. The van der Waals surface area contributed by atoms with E-state index in [1.807, 2.05) is 6.26 Å². The van der Waals surface area contributed by atoms with Gasteiger partial charge in [-0.15, -0.1) is 10.2 Å².